The fraction of sp³-hybridized carbons (Fsp3) is 0.889. The van der Waals surface area contributed by atoms with Crippen molar-refractivity contribution in [2.75, 3.05) is 19.6 Å². The Morgan fingerprint density at radius 1 is 1.62 bits per heavy atom. The second kappa shape index (κ2) is 5.19. The Labute approximate surface area is 79.5 Å². The first-order chi connectivity index (χ1) is 6.24. The minimum absolute atomic E-state index is 0.0707. The average Bonchev–Trinajstić information content (AvgIpc) is 2.06. The molecule has 1 rings (SSSR count). The van der Waals surface area contributed by atoms with Crippen molar-refractivity contribution >= 4 is 5.91 Å². The molecule has 1 amide bonds. The molecule has 1 atom stereocenters. The zero-order chi connectivity index (χ0) is 9.68. The number of amides is 1. The van der Waals surface area contributed by atoms with Gasteiger partial charge in [-0.2, -0.15) is 0 Å². The van der Waals surface area contributed by atoms with E-state index in [1.165, 1.54) is 0 Å². The lowest BCUT2D eigenvalue weighted by Crippen LogP contribution is -2.60. The maximum atomic E-state index is 11.4. The van der Waals surface area contributed by atoms with Gasteiger partial charge in [-0.05, 0) is 13.3 Å². The van der Waals surface area contributed by atoms with E-state index in [0.29, 0.717) is 6.04 Å². The van der Waals surface area contributed by atoms with E-state index in [9.17, 15) is 4.79 Å². The first-order valence-corrected chi connectivity index (χ1v) is 4.98. The van der Waals surface area contributed by atoms with Gasteiger partial charge >= 0.3 is 0 Å². The number of hydrogen-bond donors (Lipinski definition) is 3. The third-order valence-electron chi connectivity index (χ3n) is 2.21. The van der Waals surface area contributed by atoms with Gasteiger partial charge in [0.15, 0.2) is 0 Å². The van der Waals surface area contributed by atoms with Gasteiger partial charge in [-0.25, -0.2) is 0 Å². The minimum atomic E-state index is -0.0707. The second-order valence-corrected chi connectivity index (χ2v) is 3.53. The Morgan fingerprint density at radius 2 is 2.31 bits per heavy atom. The quantitative estimate of drug-likeness (QED) is 0.539. The van der Waals surface area contributed by atoms with Crippen LogP contribution in [0.4, 0.5) is 0 Å². The van der Waals surface area contributed by atoms with Crippen LogP contribution < -0.4 is 16.0 Å². The Morgan fingerprint density at radius 3 is 2.77 bits per heavy atom. The predicted molar refractivity (Wildman–Crippen MR) is 52.6 cm³/mol. The van der Waals surface area contributed by atoms with Gasteiger partial charge in [-0.1, -0.05) is 6.92 Å². The Bertz CT molecular complexity index is 168. The van der Waals surface area contributed by atoms with Crippen LogP contribution in [0.15, 0.2) is 0 Å². The molecule has 1 aliphatic heterocycles. The molecule has 4 nitrogen and oxygen atoms in total. The van der Waals surface area contributed by atoms with Crippen molar-refractivity contribution in [3.05, 3.63) is 0 Å². The van der Waals surface area contributed by atoms with Crippen LogP contribution in [0.5, 0.6) is 0 Å². The first kappa shape index (κ1) is 10.5. The van der Waals surface area contributed by atoms with E-state index in [-0.39, 0.29) is 11.9 Å². The van der Waals surface area contributed by atoms with Crippen molar-refractivity contribution in [2.45, 2.75) is 32.4 Å². The number of carbonyl (C=O) groups is 1. The van der Waals surface area contributed by atoms with Gasteiger partial charge in [0.1, 0.15) is 0 Å². The maximum Gasteiger partial charge on any atom is 0.236 e. The zero-order valence-electron chi connectivity index (χ0n) is 8.39. The van der Waals surface area contributed by atoms with Crippen molar-refractivity contribution in [1.29, 1.82) is 0 Å². The lowest BCUT2D eigenvalue weighted by molar-refractivity contribution is -0.123. The zero-order valence-corrected chi connectivity index (χ0v) is 8.39. The monoisotopic (exact) mass is 185 g/mol. The molecule has 1 unspecified atom stereocenters. The van der Waals surface area contributed by atoms with Crippen LogP contribution >= 0.6 is 0 Å². The van der Waals surface area contributed by atoms with E-state index in [2.05, 4.69) is 16.0 Å². The van der Waals surface area contributed by atoms with Gasteiger partial charge in [0, 0.05) is 25.7 Å². The number of carbonyl (C=O) groups excluding carboxylic acids is 1. The first-order valence-electron chi connectivity index (χ1n) is 4.98. The SMILES string of the molecule is CCCNC(=O)C(C)NC1CNC1. The largest absolute Gasteiger partial charge is 0.355 e. The Balaban J connectivity index is 2.13. The molecule has 1 fully saturated rings. The molecule has 1 aliphatic rings. The summed E-state index contributed by atoms with van der Waals surface area (Å²) in [5, 5.41) is 9.27. The maximum absolute atomic E-state index is 11.4. The van der Waals surface area contributed by atoms with Crippen LogP contribution in [0.2, 0.25) is 0 Å². The summed E-state index contributed by atoms with van der Waals surface area (Å²) in [6.07, 6.45) is 0.990. The van der Waals surface area contributed by atoms with Gasteiger partial charge < -0.3 is 16.0 Å². The molecule has 0 spiro atoms. The number of hydrogen-bond acceptors (Lipinski definition) is 3. The molecule has 13 heavy (non-hydrogen) atoms. The van der Waals surface area contributed by atoms with E-state index in [0.717, 1.165) is 26.1 Å². The van der Waals surface area contributed by atoms with Gasteiger partial charge in [-0.3, -0.25) is 4.79 Å². The third kappa shape index (κ3) is 3.32. The van der Waals surface area contributed by atoms with E-state index < -0.39 is 0 Å². The summed E-state index contributed by atoms with van der Waals surface area (Å²) in [5.74, 6) is 0.105. The van der Waals surface area contributed by atoms with Crippen LogP contribution in [0.1, 0.15) is 20.3 Å². The highest BCUT2D eigenvalue weighted by Crippen LogP contribution is 1.93. The van der Waals surface area contributed by atoms with Crippen LogP contribution in [0.25, 0.3) is 0 Å². The second-order valence-electron chi connectivity index (χ2n) is 3.53. The third-order valence-corrected chi connectivity index (χ3v) is 2.21. The standard InChI is InChI=1S/C9H19N3O/c1-3-4-11-9(13)7(2)12-8-5-10-6-8/h7-8,10,12H,3-6H2,1-2H3,(H,11,13). The van der Waals surface area contributed by atoms with Gasteiger partial charge in [-0.15, -0.1) is 0 Å². The van der Waals surface area contributed by atoms with Gasteiger partial charge in [0.25, 0.3) is 0 Å². The lowest BCUT2D eigenvalue weighted by Gasteiger charge is -2.30. The summed E-state index contributed by atoms with van der Waals surface area (Å²) in [6, 6.07) is 0.404. The normalized spacial score (nSPS) is 19.2. The lowest BCUT2D eigenvalue weighted by atomic mass is 10.1. The summed E-state index contributed by atoms with van der Waals surface area (Å²) in [4.78, 5) is 11.4. The molecular weight excluding hydrogens is 166 g/mol. The van der Waals surface area contributed by atoms with E-state index in [4.69, 9.17) is 0 Å². The van der Waals surface area contributed by atoms with Crippen LogP contribution in [-0.2, 0) is 4.79 Å². The molecule has 0 aliphatic carbocycles. The molecule has 1 saturated heterocycles. The Hall–Kier alpha value is -0.610. The predicted octanol–water partition coefficient (Wildman–Crippen LogP) is -0.537. The highest BCUT2D eigenvalue weighted by molar-refractivity contribution is 5.81. The molecular formula is C9H19N3O. The highest BCUT2D eigenvalue weighted by atomic mass is 16.2. The molecule has 3 N–H and O–H groups in total. The van der Waals surface area contributed by atoms with Gasteiger partial charge in [0.05, 0.1) is 6.04 Å². The Kier molecular flexibility index (Phi) is 4.18. The fourth-order valence-corrected chi connectivity index (χ4v) is 1.24. The molecule has 0 bridgehead atoms. The number of rotatable bonds is 5. The minimum Gasteiger partial charge on any atom is -0.355 e. The smallest absolute Gasteiger partial charge is 0.236 e. The summed E-state index contributed by atoms with van der Waals surface area (Å²) in [7, 11) is 0. The van der Waals surface area contributed by atoms with Crippen molar-refractivity contribution in [1.82, 2.24) is 16.0 Å². The highest BCUT2D eigenvalue weighted by Gasteiger charge is 2.21. The fourth-order valence-electron chi connectivity index (χ4n) is 1.24. The van der Waals surface area contributed by atoms with E-state index >= 15 is 0 Å². The molecule has 0 aromatic rings. The van der Waals surface area contributed by atoms with Crippen molar-refractivity contribution in [3.8, 4) is 0 Å². The average molecular weight is 185 g/mol. The molecule has 0 radical (unpaired) electrons. The molecule has 0 aromatic heterocycles. The summed E-state index contributed by atoms with van der Waals surface area (Å²) < 4.78 is 0. The molecule has 4 heteroatoms. The van der Waals surface area contributed by atoms with Crippen molar-refractivity contribution in [2.24, 2.45) is 0 Å². The topological polar surface area (TPSA) is 53.2 Å². The summed E-state index contributed by atoms with van der Waals surface area (Å²) in [6.45, 7) is 6.68. The molecule has 0 saturated carbocycles. The van der Waals surface area contributed by atoms with Crippen LogP contribution in [0, 0.1) is 0 Å². The van der Waals surface area contributed by atoms with Crippen molar-refractivity contribution in [3.63, 3.8) is 0 Å². The van der Waals surface area contributed by atoms with Gasteiger partial charge in [0.2, 0.25) is 5.91 Å². The van der Waals surface area contributed by atoms with E-state index in [1.807, 2.05) is 13.8 Å². The van der Waals surface area contributed by atoms with Crippen LogP contribution in [0.3, 0.4) is 0 Å². The molecule has 76 valence electrons. The number of nitrogens with one attached hydrogen (secondary N) is 3. The molecule has 1 heterocycles. The molecule has 0 aromatic carbocycles. The van der Waals surface area contributed by atoms with Crippen molar-refractivity contribution < 1.29 is 4.79 Å². The van der Waals surface area contributed by atoms with Crippen LogP contribution in [-0.4, -0.2) is 37.6 Å². The summed E-state index contributed by atoms with van der Waals surface area (Å²) in [5.41, 5.74) is 0. The van der Waals surface area contributed by atoms with E-state index in [1.54, 1.807) is 0 Å². The summed E-state index contributed by atoms with van der Waals surface area (Å²) >= 11 is 0.